The van der Waals surface area contributed by atoms with E-state index in [1.54, 1.807) is 32.4 Å². The van der Waals surface area contributed by atoms with E-state index in [-0.39, 0.29) is 11.9 Å². The molecule has 0 radical (unpaired) electrons. The summed E-state index contributed by atoms with van der Waals surface area (Å²) in [5, 5.41) is 3.02. The van der Waals surface area contributed by atoms with Crippen LogP contribution in [0.25, 0.3) is 0 Å². The van der Waals surface area contributed by atoms with E-state index in [0.717, 1.165) is 12.8 Å². The highest BCUT2D eigenvalue weighted by molar-refractivity contribution is 5.95. The zero-order chi connectivity index (χ0) is 16.7. The van der Waals surface area contributed by atoms with Crippen molar-refractivity contribution in [2.24, 2.45) is 0 Å². The fourth-order valence-electron chi connectivity index (χ4n) is 2.38. The van der Waals surface area contributed by atoms with Gasteiger partial charge < -0.3 is 14.8 Å². The number of amides is 1. The summed E-state index contributed by atoms with van der Waals surface area (Å²) in [6.07, 6.45) is 1.83. The molecule has 2 aromatic carbocycles. The number of carbonyl (C=O) groups is 1. The van der Waals surface area contributed by atoms with E-state index in [4.69, 9.17) is 9.47 Å². The fraction of sp³-hybridized carbons (Fsp3) is 0.316. The molecule has 23 heavy (non-hydrogen) atoms. The largest absolute Gasteiger partial charge is 0.493 e. The third kappa shape index (κ3) is 4.74. The van der Waals surface area contributed by atoms with Gasteiger partial charge >= 0.3 is 0 Å². The van der Waals surface area contributed by atoms with E-state index in [2.05, 4.69) is 17.4 Å². The first-order chi connectivity index (χ1) is 11.1. The van der Waals surface area contributed by atoms with Crippen molar-refractivity contribution < 1.29 is 14.3 Å². The molecule has 0 aromatic heterocycles. The summed E-state index contributed by atoms with van der Waals surface area (Å²) in [5.41, 5.74) is 1.84. The lowest BCUT2D eigenvalue weighted by atomic mass is 10.1. The normalized spacial score (nSPS) is 11.6. The number of ether oxygens (including phenoxy) is 2. The van der Waals surface area contributed by atoms with Crippen LogP contribution in [0.15, 0.2) is 48.5 Å². The number of nitrogens with one attached hydrogen (secondary N) is 1. The predicted molar refractivity (Wildman–Crippen MR) is 91.2 cm³/mol. The Morgan fingerprint density at radius 1 is 1.04 bits per heavy atom. The minimum Gasteiger partial charge on any atom is -0.493 e. The highest BCUT2D eigenvalue weighted by Gasteiger charge is 2.13. The average molecular weight is 313 g/mol. The van der Waals surface area contributed by atoms with Gasteiger partial charge in [0.25, 0.3) is 5.91 Å². The zero-order valence-corrected chi connectivity index (χ0v) is 13.8. The second kappa shape index (κ2) is 8.22. The molecule has 0 spiro atoms. The topological polar surface area (TPSA) is 47.6 Å². The van der Waals surface area contributed by atoms with Crippen LogP contribution in [0.5, 0.6) is 11.5 Å². The van der Waals surface area contributed by atoms with Crippen molar-refractivity contribution in [1.82, 2.24) is 5.32 Å². The number of aryl methyl sites for hydroxylation is 1. The molecule has 0 aliphatic carbocycles. The van der Waals surface area contributed by atoms with E-state index in [0.29, 0.717) is 17.1 Å². The Morgan fingerprint density at radius 3 is 2.39 bits per heavy atom. The predicted octanol–water partition coefficient (Wildman–Crippen LogP) is 3.45. The van der Waals surface area contributed by atoms with E-state index in [1.165, 1.54) is 5.56 Å². The van der Waals surface area contributed by atoms with Crippen LogP contribution in [0.3, 0.4) is 0 Å². The summed E-state index contributed by atoms with van der Waals surface area (Å²) in [6, 6.07) is 15.5. The molecule has 0 saturated carbocycles. The lowest BCUT2D eigenvalue weighted by Gasteiger charge is -2.15. The maximum atomic E-state index is 12.3. The van der Waals surface area contributed by atoms with Crippen molar-refractivity contribution in [1.29, 1.82) is 0 Å². The van der Waals surface area contributed by atoms with E-state index in [1.807, 2.05) is 25.1 Å². The molecule has 2 aromatic rings. The second-order valence-corrected chi connectivity index (χ2v) is 5.47. The van der Waals surface area contributed by atoms with Crippen molar-refractivity contribution in [3.8, 4) is 11.5 Å². The minimum absolute atomic E-state index is 0.0933. The Kier molecular flexibility index (Phi) is 6.03. The molecule has 4 nitrogen and oxygen atoms in total. The smallest absolute Gasteiger partial charge is 0.251 e. The van der Waals surface area contributed by atoms with Gasteiger partial charge in [0, 0.05) is 11.6 Å². The van der Waals surface area contributed by atoms with Gasteiger partial charge in [-0.3, -0.25) is 4.79 Å². The van der Waals surface area contributed by atoms with Gasteiger partial charge in [0.1, 0.15) is 0 Å². The van der Waals surface area contributed by atoms with Crippen LogP contribution in [0.2, 0.25) is 0 Å². The Hall–Kier alpha value is -2.49. The Labute approximate surface area is 137 Å². The summed E-state index contributed by atoms with van der Waals surface area (Å²) >= 11 is 0. The summed E-state index contributed by atoms with van der Waals surface area (Å²) in [4.78, 5) is 12.3. The van der Waals surface area contributed by atoms with Crippen LogP contribution in [0.4, 0.5) is 0 Å². The Morgan fingerprint density at radius 2 is 1.74 bits per heavy atom. The van der Waals surface area contributed by atoms with Crippen molar-refractivity contribution in [2.75, 3.05) is 14.2 Å². The molecular formula is C19H23NO3. The van der Waals surface area contributed by atoms with Gasteiger partial charge in [0.15, 0.2) is 11.5 Å². The third-order valence-electron chi connectivity index (χ3n) is 3.73. The SMILES string of the molecule is COc1ccc(C(=O)N[C@H](C)CCc2ccccc2)cc1OC. The minimum atomic E-state index is -0.105. The molecule has 0 bridgehead atoms. The first-order valence-corrected chi connectivity index (χ1v) is 7.71. The molecule has 0 aliphatic heterocycles. The maximum Gasteiger partial charge on any atom is 0.251 e. The molecule has 0 unspecified atom stereocenters. The van der Waals surface area contributed by atoms with Crippen molar-refractivity contribution in [3.63, 3.8) is 0 Å². The van der Waals surface area contributed by atoms with E-state index >= 15 is 0 Å². The van der Waals surface area contributed by atoms with E-state index in [9.17, 15) is 4.79 Å². The lowest BCUT2D eigenvalue weighted by molar-refractivity contribution is 0.0938. The van der Waals surface area contributed by atoms with Gasteiger partial charge in [0.2, 0.25) is 0 Å². The van der Waals surface area contributed by atoms with E-state index < -0.39 is 0 Å². The summed E-state index contributed by atoms with van der Waals surface area (Å²) in [6.45, 7) is 2.02. The van der Waals surface area contributed by atoms with Gasteiger partial charge in [0.05, 0.1) is 14.2 Å². The number of hydrogen-bond donors (Lipinski definition) is 1. The molecule has 0 aliphatic rings. The molecule has 2 rings (SSSR count). The standard InChI is InChI=1S/C19H23NO3/c1-14(9-10-15-7-5-4-6-8-15)20-19(21)16-11-12-17(22-2)18(13-16)23-3/h4-8,11-14H,9-10H2,1-3H3,(H,20,21)/t14-/m1/s1. The molecule has 0 heterocycles. The first-order valence-electron chi connectivity index (χ1n) is 7.71. The van der Waals surface area contributed by atoms with Gasteiger partial charge in [-0.05, 0) is 43.5 Å². The van der Waals surface area contributed by atoms with Crippen LogP contribution in [-0.2, 0) is 6.42 Å². The quantitative estimate of drug-likeness (QED) is 0.851. The van der Waals surface area contributed by atoms with Gasteiger partial charge in [-0.1, -0.05) is 30.3 Å². The number of rotatable bonds is 7. The summed E-state index contributed by atoms with van der Waals surface area (Å²) < 4.78 is 10.4. The first kappa shape index (κ1) is 16.9. The van der Waals surface area contributed by atoms with Crippen molar-refractivity contribution >= 4 is 5.91 Å². The van der Waals surface area contributed by atoms with Crippen LogP contribution < -0.4 is 14.8 Å². The lowest BCUT2D eigenvalue weighted by Crippen LogP contribution is -2.32. The zero-order valence-electron chi connectivity index (χ0n) is 13.8. The highest BCUT2D eigenvalue weighted by atomic mass is 16.5. The Bertz CT molecular complexity index is 640. The van der Waals surface area contributed by atoms with Gasteiger partial charge in [-0.2, -0.15) is 0 Å². The monoisotopic (exact) mass is 313 g/mol. The fourth-order valence-corrected chi connectivity index (χ4v) is 2.38. The Balaban J connectivity index is 1.93. The number of hydrogen-bond acceptors (Lipinski definition) is 3. The molecule has 1 atom stereocenters. The van der Waals surface area contributed by atoms with Crippen LogP contribution in [0.1, 0.15) is 29.3 Å². The molecule has 4 heteroatoms. The maximum absolute atomic E-state index is 12.3. The molecule has 0 fully saturated rings. The second-order valence-electron chi connectivity index (χ2n) is 5.47. The molecule has 1 amide bonds. The van der Waals surface area contributed by atoms with Crippen LogP contribution >= 0.6 is 0 Å². The highest BCUT2D eigenvalue weighted by Crippen LogP contribution is 2.27. The molecule has 122 valence electrons. The van der Waals surface area contributed by atoms with Crippen molar-refractivity contribution in [2.45, 2.75) is 25.8 Å². The van der Waals surface area contributed by atoms with Gasteiger partial charge in [-0.15, -0.1) is 0 Å². The van der Waals surface area contributed by atoms with Crippen LogP contribution in [0, 0.1) is 0 Å². The van der Waals surface area contributed by atoms with Crippen LogP contribution in [-0.4, -0.2) is 26.2 Å². The number of carbonyl (C=O) groups excluding carboxylic acids is 1. The third-order valence-corrected chi connectivity index (χ3v) is 3.73. The molecule has 0 saturated heterocycles. The average Bonchev–Trinajstić information content (AvgIpc) is 2.60. The molecular weight excluding hydrogens is 290 g/mol. The molecule has 1 N–H and O–H groups in total. The number of methoxy groups -OCH3 is 2. The van der Waals surface area contributed by atoms with Crippen molar-refractivity contribution in [3.05, 3.63) is 59.7 Å². The summed E-state index contributed by atoms with van der Waals surface area (Å²) in [5.74, 6) is 1.06. The summed E-state index contributed by atoms with van der Waals surface area (Å²) in [7, 11) is 3.13. The number of benzene rings is 2. The van der Waals surface area contributed by atoms with Gasteiger partial charge in [-0.25, -0.2) is 0 Å².